The summed E-state index contributed by atoms with van der Waals surface area (Å²) in [7, 11) is 0. The maximum atomic E-state index is 10.9. The minimum absolute atomic E-state index is 0.112. The molecule has 0 bridgehead atoms. The molecule has 1 rings (SSSR count). The van der Waals surface area contributed by atoms with E-state index in [1.54, 1.807) is 0 Å². The average Bonchev–Trinajstić information content (AvgIpc) is 1.82. The second kappa shape index (κ2) is 3.33. The molecule has 0 spiro atoms. The van der Waals surface area contributed by atoms with Gasteiger partial charge in [-0.1, -0.05) is 23.2 Å². The Labute approximate surface area is 79.7 Å². The molecule has 0 aromatic heterocycles. The highest BCUT2D eigenvalue weighted by molar-refractivity contribution is 6.37. The van der Waals surface area contributed by atoms with Crippen molar-refractivity contribution in [3.8, 4) is 5.75 Å². The lowest BCUT2D eigenvalue weighted by atomic mass is 10.1. The lowest BCUT2D eigenvalue weighted by molar-refractivity contribution is 0.101. The molecule has 0 heterocycles. The van der Waals surface area contributed by atoms with Crippen molar-refractivity contribution in [1.29, 1.82) is 0 Å². The molecule has 0 fully saturated rings. The SMILES string of the molecule is CC(=O)c1c(O)cc(Cl)cc1Cl. The van der Waals surface area contributed by atoms with Gasteiger partial charge in [-0.25, -0.2) is 0 Å². The second-order valence-electron chi connectivity index (χ2n) is 2.34. The highest BCUT2D eigenvalue weighted by Crippen LogP contribution is 2.29. The monoisotopic (exact) mass is 204 g/mol. The summed E-state index contributed by atoms with van der Waals surface area (Å²) in [5.74, 6) is -0.464. The molecular weight excluding hydrogens is 199 g/mol. The molecule has 0 saturated carbocycles. The maximum absolute atomic E-state index is 10.9. The van der Waals surface area contributed by atoms with Gasteiger partial charge in [0.1, 0.15) is 5.75 Å². The van der Waals surface area contributed by atoms with Gasteiger partial charge >= 0.3 is 0 Å². The van der Waals surface area contributed by atoms with E-state index in [4.69, 9.17) is 23.2 Å². The number of hydrogen-bond donors (Lipinski definition) is 1. The van der Waals surface area contributed by atoms with E-state index in [9.17, 15) is 9.90 Å². The van der Waals surface area contributed by atoms with Gasteiger partial charge in [0, 0.05) is 5.02 Å². The molecule has 1 aromatic carbocycles. The van der Waals surface area contributed by atoms with Gasteiger partial charge in [-0.05, 0) is 19.1 Å². The molecule has 0 amide bonds. The summed E-state index contributed by atoms with van der Waals surface area (Å²) in [4.78, 5) is 10.9. The van der Waals surface area contributed by atoms with Crippen LogP contribution in [0.5, 0.6) is 5.75 Å². The van der Waals surface area contributed by atoms with Crippen molar-refractivity contribution in [2.24, 2.45) is 0 Å². The van der Waals surface area contributed by atoms with Gasteiger partial charge in [-0.15, -0.1) is 0 Å². The highest BCUT2D eigenvalue weighted by Gasteiger charge is 2.11. The van der Waals surface area contributed by atoms with Crippen LogP contribution in [0, 0.1) is 0 Å². The zero-order valence-electron chi connectivity index (χ0n) is 6.27. The van der Waals surface area contributed by atoms with Gasteiger partial charge in [0.05, 0.1) is 10.6 Å². The van der Waals surface area contributed by atoms with Gasteiger partial charge in [0.15, 0.2) is 5.78 Å². The molecule has 0 aliphatic carbocycles. The van der Waals surface area contributed by atoms with Crippen LogP contribution in [0.2, 0.25) is 10.0 Å². The number of phenols is 1. The molecule has 1 aromatic rings. The van der Waals surface area contributed by atoms with Gasteiger partial charge in [-0.3, -0.25) is 4.79 Å². The van der Waals surface area contributed by atoms with Crippen molar-refractivity contribution in [3.05, 3.63) is 27.7 Å². The predicted octanol–water partition coefficient (Wildman–Crippen LogP) is 2.90. The number of benzene rings is 1. The normalized spacial score (nSPS) is 9.92. The first-order valence-electron chi connectivity index (χ1n) is 3.21. The van der Waals surface area contributed by atoms with Crippen LogP contribution in [-0.4, -0.2) is 10.9 Å². The fraction of sp³-hybridized carbons (Fsp3) is 0.125. The Kier molecular flexibility index (Phi) is 2.60. The van der Waals surface area contributed by atoms with E-state index in [0.717, 1.165) is 0 Å². The third-order valence-corrected chi connectivity index (χ3v) is 1.90. The van der Waals surface area contributed by atoms with Crippen molar-refractivity contribution < 1.29 is 9.90 Å². The summed E-state index contributed by atoms with van der Waals surface area (Å²) < 4.78 is 0. The van der Waals surface area contributed by atoms with E-state index in [0.29, 0.717) is 5.02 Å². The minimum Gasteiger partial charge on any atom is -0.507 e. The molecule has 0 atom stereocenters. The van der Waals surface area contributed by atoms with E-state index in [-0.39, 0.29) is 22.1 Å². The van der Waals surface area contributed by atoms with Crippen LogP contribution in [0.4, 0.5) is 0 Å². The Morgan fingerprint density at radius 1 is 1.42 bits per heavy atom. The molecule has 0 saturated heterocycles. The topological polar surface area (TPSA) is 37.3 Å². The Balaban J connectivity index is 3.38. The van der Waals surface area contributed by atoms with Crippen LogP contribution in [0.25, 0.3) is 0 Å². The van der Waals surface area contributed by atoms with E-state index in [2.05, 4.69) is 0 Å². The number of carbonyl (C=O) groups is 1. The van der Waals surface area contributed by atoms with Gasteiger partial charge in [0.2, 0.25) is 0 Å². The van der Waals surface area contributed by atoms with Gasteiger partial charge in [0.25, 0.3) is 0 Å². The van der Waals surface area contributed by atoms with Crippen LogP contribution >= 0.6 is 23.2 Å². The fourth-order valence-electron chi connectivity index (χ4n) is 0.909. The van der Waals surface area contributed by atoms with Crippen LogP contribution in [0.3, 0.4) is 0 Å². The molecule has 64 valence electrons. The number of phenolic OH excluding ortho intramolecular Hbond substituents is 1. The summed E-state index contributed by atoms with van der Waals surface area (Å²) in [6, 6.07) is 2.70. The summed E-state index contributed by atoms with van der Waals surface area (Å²) in [5, 5.41) is 9.73. The molecule has 0 radical (unpaired) electrons. The zero-order chi connectivity index (χ0) is 9.30. The van der Waals surface area contributed by atoms with Crippen molar-refractivity contribution in [3.63, 3.8) is 0 Å². The molecule has 4 heteroatoms. The van der Waals surface area contributed by atoms with Gasteiger partial charge in [-0.2, -0.15) is 0 Å². The van der Waals surface area contributed by atoms with Gasteiger partial charge < -0.3 is 5.11 Å². The van der Waals surface area contributed by atoms with Crippen LogP contribution in [0.1, 0.15) is 17.3 Å². The molecule has 1 N–H and O–H groups in total. The number of aromatic hydroxyl groups is 1. The first-order chi connectivity index (χ1) is 5.52. The third-order valence-electron chi connectivity index (χ3n) is 1.39. The summed E-state index contributed by atoms with van der Waals surface area (Å²) in [6.07, 6.45) is 0. The highest BCUT2D eigenvalue weighted by atomic mass is 35.5. The third kappa shape index (κ3) is 1.71. The quantitative estimate of drug-likeness (QED) is 0.715. The van der Waals surface area contributed by atoms with Crippen LogP contribution < -0.4 is 0 Å². The minimum atomic E-state index is -0.283. The lowest BCUT2D eigenvalue weighted by Gasteiger charge is -2.02. The van der Waals surface area contributed by atoms with Crippen molar-refractivity contribution in [2.45, 2.75) is 6.92 Å². The number of rotatable bonds is 1. The first kappa shape index (κ1) is 9.36. The second-order valence-corrected chi connectivity index (χ2v) is 3.18. The Bertz CT molecular complexity index is 311. The van der Waals surface area contributed by atoms with Crippen molar-refractivity contribution in [1.82, 2.24) is 0 Å². The molecule has 0 aliphatic heterocycles. The van der Waals surface area contributed by atoms with Crippen LogP contribution in [-0.2, 0) is 0 Å². The molecule has 0 aliphatic rings. The van der Waals surface area contributed by atoms with Crippen molar-refractivity contribution >= 4 is 29.0 Å². The molecule has 2 nitrogen and oxygen atoms in total. The number of ketones is 1. The Hall–Kier alpha value is -0.730. The molecule has 12 heavy (non-hydrogen) atoms. The molecule has 0 unspecified atom stereocenters. The van der Waals surface area contributed by atoms with E-state index >= 15 is 0 Å². The first-order valence-corrected chi connectivity index (χ1v) is 3.97. The maximum Gasteiger partial charge on any atom is 0.165 e. The smallest absolute Gasteiger partial charge is 0.165 e. The van der Waals surface area contributed by atoms with E-state index < -0.39 is 0 Å². The van der Waals surface area contributed by atoms with Crippen molar-refractivity contribution in [2.75, 3.05) is 0 Å². The lowest BCUT2D eigenvalue weighted by Crippen LogP contribution is -1.93. The Morgan fingerprint density at radius 3 is 2.42 bits per heavy atom. The zero-order valence-corrected chi connectivity index (χ0v) is 7.78. The van der Waals surface area contributed by atoms with E-state index in [1.165, 1.54) is 19.1 Å². The largest absolute Gasteiger partial charge is 0.507 e. The fourth-order valence-corrected chi connectivity index (χ4v) is 1.52. The summed E-state index contributed by atoms with van der Waals surface area (Å²) >= 11 is 11.2. The van der Waals surface area contributed by atoms with Crippen LogP contribution in [0.15, 0.2) is 12.1 Å². The average molecular weight is 205 g/mol. The standard InChI is InChI=1S/C8H6Cl2O2/c1-4(11)8-6(10)2-5(9)3-7(8)12/h2-3,12H,1H3. The summed E-state index contributed by atoms with van der Waals surface area (Å²) in [5.41, 5.74) is 0.112. The number of Topliss-reactive ketones (excluding diaryl/α,β-unsaturated/α-hetero) is 1. The number of halogens is 2. The van der Waals surface area contributed by atoms with E-state index in [1.807, 2.05) is 0 Å². The number of carbonyl (C=O) groups excluding carboxylic acids is 1. The Morgan fingerprint density at radius 2 is 2.00 bits per heavy atom. The number of hydrogen-bond acceptors (Lipinski definition) is 2. The molecular formula is C8H6Cl2O2. The predicted molar refractivity (Wildman–Crippen MR) is 48.1 cm³/mol. The summed E-state index contributed by atoms with van der Waals surface area (Å²) in [6.45, 7) is 1.33.